The summed E-state index contributed by atoms with van der Waals surface area (Å²) in [5.41, 5.74) is 3.47. The third kappa shape index (κ3) is 2.26. The summed E-state index contributed by atoms with van der Waals surface area (Å²) in [5, 5.41) is 3.42. The number of nitrogens with one attached hydrogen (secondary N) is 1. The van der Waals surface area contributed by atoms with E-state index in [2.05, 4.69) is 58.0 Å². The van der Waals surface area contributed by atoms with Crippen LogP contribution in [0.4, 0.5) is 0 Å². The zero-order valence-corrected chi connectivity index (χ0v) is 11.1. The van der Waals surface area contributed by atoms with E-state index in [9.17, 15) is 0 Å². The summed E-state index contributed by atoms with van der Waals surface area (Å²) < 4.78 is 2.12. The van der Waals surface area contributed by atoms with Gasteiger partial charge in [-0.15, -0.1) is 0 Å². The lowest BCUT2D eigenvalue weighted by Gasteiger charge is -2.33. The molecule has 0 radical (unpaired) electrons. The molecule has 3 heterocycles. The number of rotatable bonds is 2. The maximum Gasteiger partial charge on any atom is 0.137 e. The minimum absolute atomic E-state index is 0.588. The molecule has 0 aliphatic carbocycles. The van der Waals surface area contributed by atoms with Gasteiger partial charge in [-0.3, -0.25) is 4.90 Å². The zero-order valence-electron chi connectivity index (χ0n) is 11.1. The molecule has 0 amide bonds. The van der Waals surface area contributed by atoms with Gasteiger partial charge in [0.15, 0.2) is 0 Å². The van der Waals surface area contributed by atoms with Crippen molar-refractivity contribution in [2.45, 2.75) is 26.4 Å². The Labute approximate surface area is 108 Å². The predicted octanol–water partition coefficient (Wildman–Crippen LogP) is 1.44. The summed E-state index contributed by atoms with van der Waals surface area (Å²) in [5.74, 6) is 0. The highest BCUT2D eigenvalue weighted by atomic mass is 15.2. The van der Waals surface area contributed by atoms with E-state index >= 15 is 0 Å². The van der Waals surface area contributed by atoms with Crippen molar-refractivity contribution in [2.24, 2.45) is 0 Å². The number of nitrogens with zero attached hydrogens (tertiary/aromatic N) is 3. The number of aryl methyl sites for hydroxylation is 1. The van der Waals surface area contributed by atoms with Gasteiger partial charge >= 0.3 is 0 Å². The molecule has 2 aromatic rings. The highest BCUT2D eigenvalue weighted by molar-refractivity contribution is 5.41. The number of aromatic nitrogens is 2. The lowest BCUT2D eigenvalue weighted by molar-refractivity contribution is 0.164. The van der Waals surface area contributed by atoms with Gasteiger partial charge in [0, 0.05) is 44.6 Å². The van der Waals surface area contributed by atoms with Crippen molar-refractivity contribution < 1.29 is 0 Å². The van der Waals surface area contributed by atoms with Gasteiger partial charge in [0.05, 0.1) is 5.69 Å². The van der Waals surface area contributed by atoms with E-state index in [4.69, 9.17) is 0 Å². The van der Waals surface area contributed by atoms with E-state index in [1.165, 1.54) is 5.56 Å². The Morgan fingerprint density at radius 3 is 3.11 bits per heavy atom. The number of hydrogen-bond acceptors (Lipinski definition) is 3. The maximum absolute atomic E-state index is 4.68. The average Bonchev–Trinajstić information content (AvgIpc) is 2.73. The monoisotopic (exact) mass is 244 g/mol. The summed E-state index contributed by atoms with van der Waals surface area (Å²) in [6, 6.07) is 4.78. The van der Waals surface area contributed by atoms with Gasteiger partial charge in [-0.05, 0) is 25.5 Å². The van der Waals surface area contributed by atoms with Crippen LogP contribution in [-0.4, -0.2) is 40.0 Å². The molecule has 0 spiro atoms. The molecular formula is C14H20N4. The van der Waals surface area contributed by atoms with Crippen molar-refractivity contribution in [2.75, 3.05) is 19.6 Å². The number of fused-ring (bicyclic) bond motifs is 1. The third-order valence-electron chi connectivity index (χ3n) is 3.65. The molecule has 4 heteroatoms. The van der Waals surface area contributed by atoms with E-state index in [0.29, 0.717) is 6.04 Å². The molecule has 4 nitrogen and oxygen atoms in total. The van der Waals surface area contributed by atoms with Crippen LogP contribution < -0.4 is 5.32 Å². The molecule has 0 saturated carbocycles. The van der Waals surface area contributed by atoms with Gasteiger partial charge in [-0.1, -0.05) is 6.07 Å². The van der Waals surface area contributed by atoms with E-state index in [-0.39, 0.29) is 0 Å². The molecule has 1 N–H and O–H groups in total. The van der Waals surface area contributed by atoms with Gasteiger partial charge in [0.2, 0.25) is 0 Å². The van der Waals surface area contributed by atoms with Crippen molar-refractivity contribution >= 4 is 5.65 Å². The molecule has 3 rings (SSSR count). The molecule has 0 bridgehead atoms. The summed E-state index contributed by atoms with van der Waals surface area (Å²) in [6.07, 6.45) is 4.28. The summed E-state index contributed by atoms with van der Waals surface area (Å²) in [6.45, 7) is 8.59. The summed E-state index contributed by atoms with van der Waals surface area (Å²) in [7, 11) is 0. The average molecular weight is 244 g/mol. The predicted molar refractivity (Wildman–Crippen MR) is 72.7 cm³/mol. The van der Waals surface area contributed by atoms with Crippen LogP contribution in [0.3, 0.4) is 0 Å². The Balaban J connectivity index is 1.81. The smallest absolute Gasteiger partial charge is 0.137 e. The van der Waals surface area contributed by atoms with Crippen LogP contribution in [0.25, 0.3) is 5.65 Å². The van der Waals surface area contributed by atoms with Crippen molar-refractivity contribution in [1.29, 1.82) is 0 Å². The fourth-order valence-electron chi connectivity index (χ4n) is 2.56. The highest BCUT2D eigenvalue weighted by Crippen LogP contribution is 2.12. The molecule has 2 aromatic heterocycles. The van der Waals surface area contributed by atoms with E-state index in [0.717, 1.165) is 37.5 Å². The summed E-state index contributed by atoms with van der Waals surface area (Å²) in [4.78, 5) is 7.17. The van der Waals surface area contributed by atoms with Crippen molar-refractivity contribution in [3.63, 3.8) is 0 Å². The second kappa shape index (κ2) is 4.71. The van der Waals surface area contributed by atoms with E-state index in [1.54, 1.807) is 0 Å². The lowest BCUT2D eigenvalue weighted by atomic mass is 10.2. The van der Waals surface area contributed by atoms with Crippen molar-refractivity contribution in [3.05, 3.63) is 35.8 Å². The Bertz CT molecular complexity index is 546. The molecule has 96 valence electrons. The van der Waals surface area contributed by atoms with E-state index in [1.807, 2.05) is 0 Å². The molecule has 1 aliphatic heterocycles. The van der Waals surface area contributed by atoms with Gasteiger partial charge in [-0.25, -0.2) is 4.98 Å². The van der Waals surface area contributed by atoms with Gasteiger partial charge in [0.25, 0.3) is 0 Å². The maximum atomic E-state index is 4.68. The van der Waals surface area contributed by atoms with Gasteiger partial charge < -0.3 is 9.72 Å². The zero-order chi connectivity index (χ0) is 12.5. The third-order valence-corrected chi connectivity index (χ3v) is 3.65. The van der Waals surface area contributed by atoms with Gasteiger partial charge in [-0.2, -0.15) is 0 Å². The fraction of sp³-hybridized carbons (Fsp3) is 0.500. The molecule has 0 aromatic carbocycles. The standard InChI is InChI=1S/C14H20N4/c1-11-3-4-14-16-13(10-18(14)8-11)9-17-6-5-15-7-12(17)2/h3-4,8,10,12,15H,5-7,9H2,1-2H3. The van der Waals surface area contributed by atoms with Crippen LogP contribution in [0.1, 0.15) is 18.2 Å². The van der Waals surface area contributed by atoms with E-state index < -0.39 is 0 Å². The molecule has 1 fully saturated rings. The first-order chi connectivity index (χ1) is 8.72. The molecule has 1 saturated heterocycles. The van der Waals surface area contributed by atoms with Crippen LogP contribution in [0.2, 0.25) is 0 Å². The Morgan fingerprint density at radius 2 is 2.28 bits per heavy atom. The quantitative estimate of drug-likeness (QED) is 0.867. The van der Waals surface area contributed by atoms with Crippen LogP contribution in [0.5, 0.6) is 0 Å². The Morgan fingerprint density at radius 1 is 1.39 bits per heavy atom. The molecule has 1 atom stereocenters. The number of imidazole rings is 1. The Kier molecular flexibility index (Phi) is 3.06. The van der Waals surface area contributed by atoms with Crippen LogP contribution >= 0.6 is 0 Å². The van der Waals surface area contributed by atoms with Crippen LogP contribution in [0, 0.1) is 6.92 Å². The normalized spacial score (nSPS) is 21.6. The van der Waals surface area contributed by atoms with Crippen molar-refractivity contribution in [1.82, 2.24) is 19.6 Å². The molecular weight excluding hydrogens is 224 g/mol. The molecule has 1 unspecified atom stereocenters. The van der Waals surface area contributed by atoms with Crippen LogP contribution in [0.15, 0.2) is 24.5 Å². The molecule has 18 heavy (non-hydrogen) atoms. The van der Waals surface area contributed by atoms with Gasteiger partial charge in [0.1, 0.15) is 5.65 Å². The first kappa shape index (κ1) is 11.7. The topological polar surface area (TPSA) is 32.6 Å². The number of pyridine rings is 1. The number of hydrogen-bond donors (Lipinski definition) is 1. The first-order valence-electron chi connectivity index (χ1n) is 6.61. The summed E-state index contributed by atoms with van der Waals surface area (Å²) >= 11 is 0. The minimum atomic E-state index is 0.588. The minimum Gasteiger partial charge on any atom is -0.314 e. The second-order valence-electron chi connectivity index (χ2n) is 5.23. The highest BCUT2D eigenvalue weighted by Gasteiger charge is 2.18. The SMILES string of the molecule is Cc1ccc2nc(CN3CCNCC3C)cn2c1. The second-order valence-corrected chi connectivity index (χ2v) is 5.23. The van der Waals surface area contributed by atoms with Crippen molar-refractivity contribution in [3.8, 4) is 0 Å². The molecule has 1 aliphatic rings. The number of piperazine rings is 1. The largest absolute Gasteiger partial charge is 0.314 e. The lowest BCUT2D eigenvalue weighted by Crippen LogP contribution is -2.49. The Hall–Kier alpha value is -1.39. The first-order valence-corrected chi connectivity index (χ1v) is 6.61. The van der Waals surface area contributed by atoms with Crippen LogP contribution in [-0.2, 0) is 6.54 Å². The fourth-order valence-corrected chi connectivity index (χ4v) is 2.56.